The topological polar surface area (TPSA) is 51.0 Å². The Morgan fingerprint density at radius 2 is 2.00 bits per heavy atom. The van der Waals surface area contributed by atoms with E-state index in [2.05, 4.69) is 29.3 Å². The highest BCUT2D eigenvalue weighted by Crippen LogP contribution is 2.31. The van der Waals surface area contributed by atoms with Crippen LogP contribution < -0.4 is 5.32 Å². The Hall–Kier alpha value is -0.900. The van der Waals surface area contributed by atoms with Gasteiger partial charge < -0.3 is 9.84 Å². The molecule has 0 saturated heterocycles. The van der Waals surface area contributed by atoms with E-state index in [0.29, 0.717) is 12.0 Å². The van der Waals surface area contributed by atoms with Crippen molar-refractivity contribution in [1.29, 1.82) is 0 Å². The molecule has 4 nitrogen and oxygen atoms in total. The Morgan fingerprint density at radius 3 is 2.79 bits per heavy atom. The van der Waals surface area contributed by atoms with E-state index in [0.717, 1.165) is 31.1 Å². The number of aromatic nitrogens is 2. The lowest BCUT2D eigenvalue weighted by molar-refractivity contribution is 0.302. The summed E-state index contributed by atoms with van der Waals surface area (Å²) in [6, 6.07) is 0.511. The Labute approximate surface area is 116 Å². The third-order valence-corrected chi connectivity index (χ3v) is 3.95. The molecule has 0 aliphatic heterocycles. The molecule has 2 rings (SSSR count). The lowest BCUT2D eigenvalue weighted by Gasteiger charge is -2.23. The smallest absolute Gasteiger partial charge is 0.231 e. The van der Waals surface area contributed by atoms with Crippen molar-refractivity contribution in [3.05, 3.63) is 11.7 Å². The van der Waals surface area contributed by atoms with E-state index in [1.54, 1.807) is 0 Å². The monoisotopic (exact) mass is 265 g/mol. The van der Waals surface area contributed by atoms with Gasteiger partial charge in [0.05, 0.1) is 5.92 Å². The van der Waals surface area contributed by atoms with E-state index < -0.39 is 0 Å². The predicted molar refractivity (Wildman–Crippen MR) is 76.2 cm³/mol. The summed E-state index contributed by atoms with van der Waals surface area (Å²) in [5.74, 6) is 2.14. The van der Waals surface area contributed by atoms with Crippen molar-refractivity contribution >= 4 is 0 Å². The summed E-state index contributed by atoms with van der Waals surface area (Å²) in [7, 11) is 0. The van der Waals surface area contributed by atoms with Gasteiger partial charge in [-0.1, -0.05) is 38.3 Å². The highest BCUT2D eigenvalue weighted by molar-refractivity contribution is 5.00. The van der Waals surface area contributed by atoms with Crippen LogP contribution in [0.2, 0.25) is 0 Å². The van der Waals surface area contributed by atoms with E-state index in [9.17, 15) is 0 Å². The number of hydrogen-bond donors (Lipinski definition) is 1. The normalized spacial score (nSPS) is 24.3. The molecule has 0 spiro atoms. The zero-order chi connectivity index (χ0) is 13.5. The second-order valence-electron chi connectivity index (χ2n) is 5.60. The van der Waals surface area contributed by atoms with Crippen molar-refractivity contribution in [3.8, 4) is 0 Å². The molecule has 1 aromatic heterocycles. The van der Waals surface area contributed by atoms with Gasteiger partial charge in [0, 0.05) is 12.5 Å². The largest absolute Gasteiger partial charge is 0.339 e. The van der Waals surface area contributed by atoms with E-state index in [1.807, 2.05) is 0 Å². The summed E-state index contributed by atoms with van der Waals surface area (Å²) in [5, 5.41) is 7.79. The number of aryl methyl sites for hydroxylation is 1. The molecular formula is C15H27N3O. The number of nitrogens with zero attached hydrogens (tertiary/aromatic N) is 2. The van der Waals surface area contributed by atoms with Crippen molar-refractivity contribution in [1.82, 2.24) is 15.5 Å². The summed E-state index contributed by atoms with van der Waals surface area (Å²) in [6.07, 6.45) is 9.49. The van der Waals surface area contributed by atoms with Gasteiger partial charge in [-0.25, -0.2) is 0 Å². The fourth-order valence-corrected chi connectivity index (χ4v) is 2.92. The Kier molecular flexibility index (Phi) is 5.83. The minimum Gasteiger partial charge on any atom is -0.339 e. The van der Waals surface area contributed by atoms with Crippen molar-refractivity contribution in [2.45, 2.75) is 77.2 Å². The maximum Gasteiger partial charge on any atom is 0.231 e. The molecule has 1 aromatic rings. The second kappa shape index (κ2) is 7.63. The lowest BCUT2D eigenvalue weighted by atomic mass is 9.94. The van der Waals surface area contributed by atoms with Crippen LogP contribution in [0.25, 0.3) is 0 Å². The molecule has 0 amide bonds. The Bertz CT molecular complexity index is 364. The fraction of sp³-hybridized carbons (Fsp3) is 0.867. The van der Waals surface area contributed by atoms with Gasteiger partial charge in [0.2, 0.25) is 5.89 Å². The molecule has 1 heterocycles. The zero-order valence-electron chi connectivity index (χ0n) is 12.3. The Balaban J connectivity index is 2.06. The molecule has 4 heteroatoms. The summed E-state index contributed by atoms with van der Waals surface area (Å²) >= 11 is 0. The van der Waals surface area contributed by atoms with Crippen LogP contribution in [0, 0.1) is 0 Å². The van der Waals surface area contributed by atoms with Gasteiger partial charge in [-0.05, 0) is 32.2 Å². The standard InChI is InChI=1S/C15H27N3O/c1-3-8-14-17-15(19-18-14)12-9-6-5-7-10-13(12)16-11-4-2/h12-13,16H,3-11H2,1-2H3. The average Bonchev–Trinajstić information content (AvgIpc) is 2.74. The third-order valence-electron chi connectivity index (χ3n) is 3.95. The molecule has 2 unspecified atom stereocenters. The van der Waals surface area contributed by atoms with Gasteiger partial charge in [-0.3, -0.25) is 0 Å². The van der Waals surface area contributed by atoms with Gasteiger partial charge in [0.15, 0.2) is 5.82 Å². The maximum atomic E-state index is 5.52. The SMILES string of the molecule is CCCNC1CCCCCC1c1nc(CCC)no1. The molecule has 108 valence electrons. The number of hydrogen-bond acceptors (Lipinski definition) is 4. The van der Waals surface area contributed by atoms with Crippen molar-refractivity contribution in [2.24, 2.45) is 0 Å². The van der Waals surface area contributed by atoms with Crippen LogP contribution in [-0.2, 0) is 6.42 Å². The summed E-state index contributed by atoms with van der Waals surface area (Å²) in [4.78, 5) is 4.61. The molecule has 1 N–H and O–H groups in total. The molecule has 0 radical (unpaired) electrons. The molecule has 0 aromatic carbocycles. The lowest BCUT2D eigenvalue weighted by Crippen LogP contribution is -2.35. The van der Waals surface area contributed by atoms with Crippen LogP contribution in [0.15, 0.2) is 4.52 Å². The van der Waals surface area contributed by atoms with Crippen LogP contribution in [0.3, 0.4) is 0 Å². The first kappa shape index (κ1) is 14.5. The van der Waals surface area contributed by atoms with Crippen molar-refractivity contribution in [2.75, 3.05) is 6.54 Å². The van der Waals surface area contributed by atoms with E-state index in [-0.39, 0.29) is 0 Å². The van der Waals surface area contributed by atoms with Crippen LogP contribution >= 0.6 is 0 Å². The van der Waals surface area contributed by atoms with Gasteiger partial charge >= 0.3 is 0 Å². The molecule has 1 fully saturated rings. The van der Waals surface area contributed by atoms with Crippen molar-refractivity contribution < 1.29 is 4.52 Å². The molecular weight excluding hydrogens is 238 g/mol. The first-order valence-corrected chi connectivity index (χ1v) is 7.91. The van der Waals surface area contributed by atoms with E-state index in [1.165, 1.54) is 38.5 Å². The highest BCUT2D eigenvalue weighted by atomic mass is 16.5. The number of rotatable bonds is 6. The Morgan fingerprint density at radius 1 is 1.16 bits per heavy atom. The van der Waals surface area contributed by atoms with Crippen LogP contribution in [0.5, 0.6) is 0 Å². The third kappa shape index (κ3) is 4.03. The predicted octanol–water partition coefficient (Wildman–Crippen LogP) is 3.44. The molecule has 0 bridgehead atoms. The zero-order valence-corrected chi connectivity index (χ0v) is 12.3. The minimum atomic E-state index is 0.409. The van der Waals surface area contributed by atoms with Gasteiger partial charge in [-0.15, -0.1) is 0 Å². The molecule has 2 atom stereocenters. The van der Waals surface area contributed by atoms with E-state index >= 15 is 0 Å². The number of nitrogens with one attached hydrogen (secondary N) is 1. The van der Waals surface area contributed by atoms with E-state index in [4.69, 9.17) is 4.52 Å². The van der Waals surface area contributed by atoms with Crippen LogP contribution in [0.1, 0.15) is 76.4 Å². The van der Waals surface area contributed by atoms with Crippen LogP contribution in [-0.4, -0.2) is 22.7 Å². The highest BCUT2D eigenvalue weighted by Gasteiger charge is 2.29. The van der Waals surface area contributed by atoms with Gasteiger partial charge in [-0.2, -0.15) is 4.98 Å². The first-order valence-electron chi connectivity index (χ1n) is 7.91. The average molecular weight is 265 g/mol. The maximum absolute atomic E-state index is 5.52. The summed E-state index contributed by atoms with van der Waals surface area (Å²) in [6.45, 7) is 5.44. The van der Waals surface area contributed by atoms with Gasteiger partial charge in [0.25, 0.3) is 0 Å². The van der Waals surface area contributed by atoms with Crippen LogP contribution in [0.4, 0.5) is 0 Å². The minimum absolute atomic E-state index is 0.409. The fourth-order valence-electron chi connectivity index (χ4n) is 2.92. The molecule has 1 saturated carbocycles. The second-order valence-corrected chi connectivity index (χ2v) is 5.60. The summed E-state index contributed by atoms with van der Waals surface area (Å²) in [5.41, 5.74) is 0. The first-order chi connectivity index (χ1) is 9.35. The summed E-state index contributed by atoms with van der Waals surface area (Å²) < 4.78 is 5.52. The molecule has 19 heavy (non-hydrogen) atoms. The van der Waals surface area contributed by atoms with Crippen molar-refractivity contribution in [3.63, 3.8) is 0 Å². The quantitative estimate of drug-likeness (QED) is 0.801. The molecule has 1 aliphatic carbocycles. The van der Waals surface area contributed by atoms with Gasteiger partial charge in [0.1, 0.15) is 0 Å². The molecule has 1 aliphatic rings.